The molecule has 4 aromatic heterocycles. The minimum absolute atomic E-state index is 0.0835. The molecule has 1 aliphatic carbocycles. The SMILES string of the molecule is C=CC(=O)N1CCC(N[C@@H]2c3ccc(-n4c(-c5cccnc5N)nc5ccc(-c6cnn(C(F)F)c6)nc54)cc3CC2F)CC1. The summed E-state index contributed by atoms with van der Waals surface area (Å²) in [4.78, 5) is 27.6. The first-order chi connectivity index (χ1) is 21.8. The van der Waals surface area contributed by atoms with Gasteiger partial charge in [-0.1, -0.05) is 12.6 Å². The van der Waals surface area contributed by atoms with E-state index in [1.54, 1.807) is 29.3 Å². The number of imidazole rings is 1. The first kappa shape index (κ1) is 28.7. The van der Waals surface area contributed by atoms with Crippen LogP contribution >= 0.6 is 0 Å². The zero-order valence-electron chi connectivity index (χ0n) is 24.2. The largest absolute Gasteiger partial charge is 0.383 e. The summed E-state index contributed by atoms with van der Waals surface area (Å²) in [5, 5.41) is 7.25. The number of carbonyl (C=O) groups is 1. The lowest BCUT2D eigenvalue weighted by molar-refractivity contribution is -0.127. The molecule has 1 unspecified atom stereocenters. The number of carbonyl (C=O) groups excluding carboxylic acids is 1. The molecule has 13 heteroatoms. The number of anilines is 1. The minimum Gasteiger partial charge on any atom is -0.383 e. The summed E-state index contributed by atoms with van der Waals surface area (Å²) in [6, 6.07) is 12.4. The number of aromatic nitrogens is 6. The second-order valence-electron chi connectivity index (χ2n) is 11.3. The number of nitrogens with zero attached hydrogens (tertiary/aromatic N) is 7. The van der Waals surface area contributed by atoms with Gasteiger partial charge in [0.05, 0.1) is 23.5 Å². The number of piperidine rings is 1. The van der Waals surface area contributed by atoms with Gasteiger partial charge in [-0.2, -0.15) is 13.9 Å². The van der Waals surface area contributed by atoms with Gasteiger partial charge < -0.3 is 16.0 Å². The fraction of sp³-hybridized carbons (Fsp3) is 0.281. The molecule has 2 aliphatic rings. The van der Waals surface area contributed by atoms with Crippen molar-refractivity contribution in [1.82, 2.24) is 39.5 Å². The molecule has 3 N–H and O–H groups in total. The average Bonchev–Trinajstić information content (AvgIpc) is 3.77. The van der Waals surface area contributed by atoms with Gasteiger partial charge in [0.25, 0.3) is 0 Å². The van der Waals surface area contributed by atoms with Crippen molar-refractivity contribution in [2.75, 3.05) is 18.8 Å². The number of rotatable bonds is 7. The Morgan fingerprint density at radius 2 is 1.96 bits per heavy atom. The van der Waals surface area contributed by atoms with Crippen molar-refractivity contribution in [3.63, 3.8) is 0 Å². The molecule has 230 valence electrons. The number of nitrogens with two attached hydrogens (primary N) is 1. The van der Waals surface area contributed by atoms with Crippen LogP contribution in [0.5, 0.6) is 0 Å². The number of halogens is 3. The molecule has 5 heterocycles. The monoisotopic (exact) mass is 613 g/mol. The lowest BCUT2D eigenvalue weighted by atomic mass is 10.0. The van der Waals surface area contributed by atoms with E-state index in [0.29, 0.717) is 57.3 Å². The molecule has 0 saturated carbocycles. The summed E-state index contributed by atoms with van der Waals surface area (Å²) < 4.78 is 44.4. The lowest BCUT2D eigenvalue weighted by Gasteiger charge is -2.34. The molecule has 1 aliphatic heterocycles. The molecule has 0 spiro atoms. The molecule has 7 rings (SSSR count). The van der Waals surface area contributed by atoms with Crippen molar-refractivity contribution in [2.24, 2.45) is 0 Å². The lowest BCUT2D eigenvalue weighted by Crippen LogP contribution is -2.46. The van der Waals surface area contributed by atoms with Crippen LogP contribution in [0.3, 0.4) is 0 Å². The molecule has 2 atom stereocenters. The van der Waals surface area contributed by atoms with Crippen LogP contribution in [-0.2, 0) is 11.2 Å². The molecule has 1 amide bonds. The van der Waals surface area contributed by atoms with Crippen molar-refractivity contribution >= 4 is 22.9 Å². The third-order valence-electron chi connectivity index (χ3n) is 8.57. The molecule has 1 aromatic carbocycles. The van der Waals surface area contributed by atoms with Gasteiger partial charge in [0.15, 0.2) is 11.5 Å². The van der Waals surface area contributed by atoms with Crippen molar-refractivity contribution in [3.05, 3.63) is 84.8 Å². The summed E-state index contributed by atoms with van der Waals surface area (Å²) in [7, 11) is 0. The van der Waals surface area contributed by atoms with E-state index in [1.165, 1.54) is 18.5 Å². The maximum atomic E-state index is 15.6. The average molecular weight is 614 g/mol. The van der Waals surface area contributed by atoms with E-state index in [2.05, 4.69) is 22.0 Å². The van der Waals surface area contributed by atoms with Crippen molar-refractivity contribution in [1.29, 1.82) is 0 Å². The van der Waals surface area contributed by atoms with Crippen LogP contribution < -0.4 is 11.1 Å². The maximum Gasteiger partial charge on any atom is 0.333 e. The van der Waals surface area contributed by atoms with Gasteiger partial charge in [-0.3, -0.25) is 9.36 Å². The van der Waals surface area contributed by atoms with Crippen molar-refractivity contribution < 1.29 is 18.0 Å². The predicted molar refractivity (Wildman–Crippen MR) is 163 cm³/mol. The standard InChI is InChI=1S/C32H30F3N9O/c1-2-27(45)42-12-9-20(10-13-42)39-28-22-6-5-21(14-18(22)15-24(28)33)44-30(23-4-3-11-37-29(23)36)41-26-8-7-25(40-31(26)44)19-16-38-43(17-19)32(34)35/h2-8,11,14,16-17,20,24,28,32,39H,1,9-10,12-13,15H2,(H2,36,37)/t24?,28-/m1/s1. The Hall–Kier alpha value is -5.04. The zero-order chi connectivity index (χ0) is 31.2. The molecule has 0 radical (unpaired) electrons. The first-order valence-electron chi connectivity index (χ1n) is 14.7. The van der Waals surface area contributed by atoms with E-state index >= 15 is 4.39 Å². The van der Waals surface area contributed by atoms with Crippen molar-refractivity contribution in [3.8, 4) is 28.3 Å². The summed E-state index contributed by atoms with van der Waals surface area (Å²) in [5.74, 6) is 0.691. The minimum atomic E-state index is -2.77. The summed E-state index contributed by atoms with van der Waals surface area (Å²) in [6.07, 6.45) is 6.08. The van der Waals surface area contributed by atoms with E-state index in [4.69, 9.17) is 15.7 Å². The molecular weight excluding hydrogens is 583 g/mol. The van der Waals surface area contributed by atoms with Gasteiger partial charge in [0.1, 0.15) is 17.5 Å². The number of hydrogen-bond acceptors (Lipinski definition) is 7. The number of alkyl halides is 3. The third-order valence-corrected chi connectivity index (χ3v) is 8.57. The summed E-state index contributed by atoms with van der Waals surface area (Å²) in [5.41, 5.74) is 11.2. The molecule has 5 aromatic rings. The van der Waals surface area contributed by atoms with E-state index in [9.17, 15) is 13.6 Å². The number of amides is 1. The number of nitrogens with one attached hydrogen (secondary N) is 1. The normalized spacial score (nSPS) is 18.5. The van der Waals surface area contributed by atoms with Gasteiger partial charge >= 0.3 is 6.55 Å². The third kappa shape index (κ3) is 5.22. The Kier molecular flexibility index (Phi) is 7.32. The highest BCUT2D eigenvalue weighted by molar-refractivity contribution is 5.87. The Morgan fingerprint density at radius 1 is 1.13 bits per heavy atom. The first-order valence-corrected chi connectivity index (χ1v) is 14.7. The van der Waals surface area contributed by atoms with E-state index in [-0.39, 0.29) is 24.2 Å². The molecule has 45 heavy (non-hydrogen) atoms. The highest BCUT2D eigenvalue weighted by Gasteiger charge is 2.35. The summed E-state index contributed by atoms with van der Waals surface area (Å²) >= 11 is 0. The van der Waals surface area contributed by atoms with Gasteiger partial charge in [-0.25, -0.2) is 24.0 Å². The number of hydrogen-bond donors (Lipinski definition) is 2. The van der Waals surface area contributed by atoms with Crippen LogP contribution in [0.1, 0.15) is 36.6 Å². The van der Waals surface area contributed by atoms with Crippen LogP contribution in [-0.4, -0.2) is 65.4 Å². The maximum absolute atomic E-state index is 15.6. The second-order valence-corrected chi connectivity index (χ2v) is 11.3. The Balaban J connectivity index is 1.26. The molecule has 1 fully saturated rings. The predicted octanol–water partition coefficient (Wildman–Crippen LogP) is 5.03. The van der Waals surface area contributed by atoms with E-state index in [1.807, 2.05) is 28.8 Å². The van der Waals surface area contributed by atoms with Crippen LogP contribution in [0, 0.1) is 0 Å². The zero-order valence-corrected chi connectivity index (χ0v) is 24.2. The summed E-state index contributed by atoms with van der Waals surface area (Å²) in [6.45, 7) is 1.99. The molecular formula is C32H30F3N9O. The van der Waals surface area contributed by atoms with Gasteiger partial charge in [-0.05, 0) is 66.4 Å². The quantitative estimate of drug-likeness (QED) is 0.247. The topological polar surface area (TPSA) is 120 Å². The van der Waals surface area contributed by atoms with Gasteiger partial charge in [-0.15, -0.1) is 0 Å². The number of likely N-dealkylation sites (tertiary alicyclic amines) is 1. The van der Waals surface area contributed by atoms with Crippen LogP contribution in [0.25, 0.3) is 39.5 Å². The molecule has 0 bridgehead atoms. The van der Waals surface area contributed by atoms with Crippen LogP contribution in [0.4, 0.5) is 19.0 Å². The fourth-order valence-electron chi connectivity index (χ4n) is 6.30. The van der Waals surface area contributed by atoms with Gasteiger partial charge in [0.2, 0.25) is 5.91 Å². The smallest absolute Gasteiger partial charge is 0.333 e. The van der Waals surface area contributed by atoms with Crippen LogP contribution in [0.2, 0.25) is 0 Å². The number of benzene rings is 1. The number of pyridine rings is 2. The van der Waals surface area contributed by atoms with Crippen molar-refractivity contribution in [2.45, 2.75) is 44.1 Å². The Bertz CT molecular complexity index is 1910. The highest BCUT2D eigenvalue weighted by Crippen LogP contribution is 2.38. The highest BCUT2D eigenvalue weighted by atomic mass is 19.3. The van der Waals surface area contributed by atoms with Crippen LogP contribution in [0.15, 0.2) is 73.7 Å². The fourth-order valence-corrected chi connectivity index (χ4v) is 6.30. The molecule has 1 saturated heterocycles. The second kappa shape index (κ2) is 11.5. The Morgan fingerprint density at radius 3 is 2.69 bits per heavy atom. The van der Waals surface area contributed by atoms with Gasteiger partial charge in [0, 0.05) is 49.2 Å². The Labute approximate surface area is 256 Å². The van der Waals surface area contributed by atoms with E-state index < -0.39 is 18.8 Å². The molecule has 10 nitrogen and oxygen atoms in total. The van der Waals surface area contributed by atoms with E-state index in [0.717, 1.165) is 24.0 Å². The number of fused-ring (bicyclic) bond motifs is 2. The number of nitrogen functional groups attached to an aromatic ring is 1.